The zero-order chi connectivity index (χ0) is 20.1. The molecular formula is C21H20N2O5. The Morgan fingerprint density at radius 2 is 1.50 bits per heavy atom. The van der Waals surface area contributed by atoms with Crippen molar-refractivity contribution in [3.63, 3.8) is 0 Å². The molecule has 0 radical (unpaired) electrons. The Morgan fingerprint density at radius 1 is 0.893 bits per heavy atom. The first-order chi connectivity index (χ1) is 13.6. The van der Waals surface area contributed by atoms with Crippen LogP contribution in [0.1, 0.15) is 19.4 Å². The highest BCUT2D eigenvalue weighted by Gasteiger charge is 2.38. The summed E-state index contributed by atoms with van der Waals surface area (Å²) in [6.45, 7) is 4.44. The van der Waals surface area contributed by atoms with Crippen molar-refractivity contribution in [3.05, 3.63) is 59.7 Å². The average molecular weight is 380 g/mol. The lowest BCUT2D eigenvalue weighted by Crippen LogP contribution is -2.54. The van der Waals surface area contributed by atoms with Crippen LogP contribution in [-0.4, -0.2) is 31.1 Å². The number of amides is 4. The number of carbonyl (C=O) groups excluding carboxylic acids is 3. The van der Waals surface area contributed by atoms with E-state index in [2.05, 4.69) is 5.32 Å². The van der Waals surface area contributed by atoms with Crippen LogP contribution < -0.4 is 19.7 Å². The molecule has 0 aliphatic carbocycles. The van der Waals surface area contributed by atoms with Crippen molar-refractivity contribution in [1.29, 1.82) is 0 Å². The minimum Gasteiger partial charge on any atom is -0.493 e. The van der Waals surface area contributed by atoms with Gasteiger partial charge < -0.3 is 9.47 Å². The van der Waals surface area contributed by atoms with Gasteiger partial charge in [0.05, 0.1) is 18.9 Å². The third-order valence-corrected chi connectivity index (χ3v) is 4.03. The van der Waals surface area contributed by atoms with Crippen LogP contribution in [0.2, 0.25) is 0 Å². The minimum atomic E-state index is -0.822. The van der Waals surface area contributed by atoms with Gasteiger partial charge in [-0.3, -0.25) is 14.9 Å². The van der Waals surface area contributed by atoms with E-state index in [0.717, 1.165) is 4.90 Å². The molecule has 0 unspecified atom stereocenters. The number of nitrogens with one attached hydrogen (secondary N) is 1. The second-order valence-electron chi connectivity index (χ2n) is 5.83. The number of urea groups is 1. The molecular weight excluding hydrogens is 360 g/mol. The summed E-state index contributed by atoms with van der Waals surface area (Å²) < 4.78 is 11.1. The van der Waals surface area contributed by atoms with Crippen LogP contribution in [0.4, 0.5) is 10.5 Å². The first-order valence-corrected chi connectivity index (χ1v) is 8.92. The lowest BCUT2D eigenvalue weighted by atomic mass is 10.1. The summed E-state index contributed by atoms with van der Waals surface area (Å²) in [4.78, 5) is 38.7. The zero-order valence-electron chi connectivity index (χ0n) is 15.6. The maximum atomic E-state index is 13.1. The van der Waals surface area contributed by atoms with Crippen molar-refractivity contribution in [3.8, 4) is 11.5 Å². The Balaban J connectivity index is 2.05. The monoisotopic (exact) mass is 380 g/mol. The molecule has 1 aliphatic heterocycles. The van der Waals surface area contributed by atoms with Crippen molar-refractivity contribution in [1.82, 2.24) is 5.32 Å². The number of nitrogens with zero attached hydrogens (tertiary/aromatic N) is 1. The molecule has 1 aliphatic rings. The van der Waals surface area contributed by atoms with E-state index < -0.39 is 17.8 Å². The van der Waals surface area contributed by atoms with Gasteiger partial charge in [-0.2, -0.15) is 0 Å². The normalized spacial score (nSPS) is 15.6. The van der Waals surface area contributed by atoms with Crippen LogP contribution in [0.5, 0.6) is 11.5 Å². The summed E-state index contributed by atoms with van der Waals surface area (Å²) in [5, 5.41) is 2.21. The van der Waals surface area contributed by atoms with Crippen molar-refractivity contribution in [2.75, 3.05) is 18.1 Å². The van der Waals surface area contributed by atoms with Gasteiger partial charge in [-0.25, -0.2) is 9.69 Å². The van der Waals surface area contributed by atoms with Crippen LogP contribution >= 0.6 is 0 Å². The van der Waals surface area contributed by atoms with E-state index in [-0.39, 0.29) is 11.3 Å². The first kappa shape index (κ1) is 19.2. The van der Waals surface area contributed by atoms with E-state index in [1.54, 1.807) is 55.5 Å². The molecule has 1 heterocycles. The maximum Gasteiger partial charge on any atom is 0.336 e. The third kappa shape index (κ3) is 3.73. The number of para-hydroxylation sites is 3. The van der Waals surface area contributed by atoms with Crippen LogP contribution in [0.3, 0.4) is 0 Å². The van der Waals surface area contributed by atoms with Gasteiger partial charge in [0.2, 0.25) is 0 Å². The third-order valence-electron chi connectivity index (χ3n) is 4.03. The van der Waals surface area contributed by atoms with Crippen molar-refractivity contribution in [2.45, 2.75) is 13.8 Å². The number of benzene rings is 2. The van der Waals surface area contributed by atoms with Crippen LogP contribution in [0.15, 0.2) is 54.1 Å². The Kier molecular flexibility index (Phi) is 5.74. The van der Waals surface area contributed by atoms with Gasteiger partial charge in [0.15, 0.2) is 0 Å². The lowest BCUT2D eigenvalue weighted by Gasteiger charge is -2.27. The number of ether oxygens (including phenoxy) is 2. The molecule has 1 fully saturated rings. The number of hydrogen-bond acceptors (Lipinski definition) is 5. The fourth-order valence-corrected chi connectivity index (χ4v) is 2.84. The summed E-state index contributed by atoms with van der Waals surface area (Å²) in [5.41, 5.74) is 0.664. The topological polar surface area (TPSA) is 84.9 Å². The molecule has 0 bridgehead atoms. The number of carbonyl (C=O) groups is 3. The Morgan fingerprint density at radius 3 is 2.21 bits per heavy atom. The van der Waals surface area contributed by atoms with E-state index in [0.29, 0.717) is 30.3 Å². The fourth-order valence-electron chi connectivity index (χ4n) is 2.84. The van der Waals surface area contributed by atoms with Crippen molar-refractivity contribution >= 4 is 29.6 Å². The summed E-state index contributed by atoms with van der Waals surface area (Å²) in [5.74, 6) is -0.577. The maximum absolute atomic E-state index is 13.1. The highest BCUT2D eigenvalue weighted by Crippen LogP contribution is 2.31. The van der Waals surface area contributed by atoms with Crippen molar-refractivity contribution in [2.24, 2.45) is 0 Å². The molecule has 0 saturated carbocycles. The summed E-state index contributed by atoms with van der Waals surface area (Å²) in [6.07, 6.45) is 1.42. The van der Waals surface area contributed by atoms with Gasteiger partial charge in [0.25, 0.3) is 11.8 Å². The summed E-state index contributed by atoms with van der Waals surface area (Å²) >= 11 is 0. The molecule has 0 aromatic heterocycles. The van der Waals surface area contributed by atoms with Gasteiger partial charge in [-0.15, -0.1) is 0 Å². The molecule has 3 rings (SSSR count). The highest BCUT2D eigenvalue weighted by atomic mass is 16.5. The molecule has 2 aromatic rings. The van der Waals surface area contributed by atoms with Gasteiger partial charge in [0.1, 0.15) is 17.1 Å². The van der Waals surface area contributed by atoms with Gasteiger partial charge in [-0.1, -0.05) is 30.3 Å². The second-order valence-corrected chi connectivity index (χ2v) is 5.83. The predicted molar refractivity (Wildman–Crippen MR) is 104 cm³/mol. The predicted octanol–water partition coefficient (Wildman–Crippen LogP) is 3.15. The van der Waals surface area contributed by atoms with E-state index >= 15 is 0 Å². The van der Waals surface area contributed by atoms with Crippen LogP contribution in [0, 0.1) is 0 Å². The van der Waals surface area contributed by atoms with E-state index in [1.807, 2.05) is 6.92 Å². The average Bonchev–Trinajstić information content (AvgIpc) is 2.68. The summed E-state index contributed by atoms with van der Waals surface area (Å²) in [7, 11) is 0. The van der Waals surface area contributed by atoms with E-state index in [4.69, 9.17) is 9.47 Å². The highest BCUT2D eigenvalue weighted by molar-refractivity contribution is 6.39. The first-order valence-electron chi connectivity index (χ1n) is 8.92. The molecule has 1 saturated heterocycles. The van der Waals surface area contributed by atoms with Crippen LogP contribution in [0.25, 0.3) is 6.08 Å². The molecule has 0 atom stereocenters. The Labute approximate surface area is 162 Å². The quantitative estimate of drug-likeness (QED) is 0.615. The number of barbiturate groups is 1. The van der Waals surface area contributed by atoms with E-state index in [1.165, 1.54) is 6.08 Å². The number of hydrogen-bond donors (Lipinski definition) is 1. The molecule has 28 heavy (non-hydrogen) atoms. The smallest absolute Gasteiger partial charge is 0.336 e. The number of anilines is 1. The molecule has 1 N–H and O–H groups in total. The number of rotatable bonds is 6. The van der Waals surface area contributed by atoms with Gasteiger partial charge in [0, 0.05) is 5.56 Å². The fraction of sp³-hybridized carbons (Fsp3) is 0.190. The van der Waals surface area contributed by atoms with E-state index in [9.17, 15) is 14.4 Å². The lowest BCUT2D eigenvalue weighted by molar-refractivity contribution is -0.122. The zero-order valence-corrected chi connectivity index (χ0v) is 15.6. The standard InChI is InChI=1S/C21H20N2O5/c1-3-27-17-11-7-5-9-14(17)13-15-19(24)22-21(26)23(20(15)25)16-10-6-8-12-18(16)28-4-2/h5-13H,3-4H2,1-2H3,(H,22,24,26)/b15-13+. The minimum absolute atomic E-state index is 0.168. The molecule has 7 heteroatoms. The SMILES string of the molecule is CCOc1ccccc1/C=C1\C(=O)NC(=O)N(c2ccccc2OCC)C1=O. The molecule has 0 spiro atoms. The Hall–Kier alpha value is -3.61. The molecule has 144 valence electrons. The van der Waals surface area contributed by atoms with Crippen molar-refractivity contribution < 1.29 is 23.9 Å². The largest absolute Gasteiger partial charge is 0.493 e. The molecule has 7 nitrogen and oxygen atoms in total. The summed E-state index contributed by atoms with van der Waals surface area (Å²) in [6, 6.07) is 12.9. The Bertz CT molecular complexity index is 951. The van der Waals surface area contributed by atoms with Gasteiger partial charge >= 0.3 is 6.03 Å². The van der Waals surface area contributed by atoms with Crippen LogP contribution in [-0.2, 0) is 9.59 Å². The molecule has 4 amide bonds. The second kappa shape index (κ2) is 8.39. The van der Waals surface area contributed by atoms with Gasteiger partial charge in [-0.05, 0) is 38.1 Å². The number of imide groups is 2. The molecule has 2 aromatic carbocycles.